The van der Waals surface area contributed by atoms with Crippen LogP contribution in [0.5, 0.6) is 0 Å². The van der Waals surface area contributed by atoms with E-state index in [0.29, 0.717) is 24.7 Å². The lowest BCUT2D eigenvalue weighted by molar-refractivity contribution is -0.440. The second-order valence-electron chi connectivity index (χ2n) is 4.96. The highest BCUT2D eigenvalue weighted by atomic mass is 16.6. The Hall–Kier alpha value is -1.34. The average Bonchev–Trinajstić information content (AvgIpc) is 2.96. The highest BCUT2D eigenvalue weighted by molar-refractivity contribution is 5.15. The van der Waals surface area contributed by atoms with Crippen LogP contribution >= 0.6 is 0 Å². The summed E-state index contributed by atoms with van der Waals surface area (Å²) in [5.41, 5.74) is 0.141. The molecule has 2 N–H and O–H groups in total. The average molecular weight is 255 g/mol. The van der Waals surface area contributed by atoms with Crippen molar-refractivity contribution >= 4 is 0 Å². The van der Waals surface area contributed by atoms with E-state index in [-0.39, 0.29) is 23.0 Å². The lowest BCUT2D eigenvalue weighted by Crippen LogP contribution is -2.44. The molecule has 1 unspecified atom stereocenters. The van der Waals surface area contributed by atoms with E-state index >= 15 is 0 Å². The Balaban J connectivity index is 1.70. The molecular weight excluding hydrogens is 238 g/mol. The van der Waals surface area contributed by atoms with Gasteiger partial charge in [0.15, 0.2) is 11.9 Å². The van der Waals surface area contributed by atoms with Crippen molar-refractivity contribution in [3.63, 3.8) is 0 Å². The van der Waals surface area contributed by atoms with E-state index in [1.54, 1.807) is 0 Å². The first-order valence-electron chi connectivity index (χ1n) is 6.36. The van der Waals surface area contributed by atoms with E-state index in [0.717, 1.165) is 26.1 Å². The Morgan fingerprint density at radius 2 is 2.33 bits per heavy atom. The van der Waals surface area contributed by atoms with Gasteiger partial charge in [0.05, 0.1) is 11.5 Å². The van der Waals surface area contributed by atoms with Crippen LogP contribution in [0.3, 0.4) is 0 Å². The van der Waals surface area contributed by atoms with Crippen LogP contribution in [-0.2, 0) is 9.47 Å². The Kier molecular flexibility index (Phi) is 3.09. The van der Waals surface area contributed by atoms with Crippen molar-refractivity contribution in [2.75, 3.05) is 19.8 Å². The number of hydrogen-bond donors (Lipinski definition) is 2. The number of rotatable bonds is 4. The number of nitrogens with zero attached hydrogens (tertiary/aromatic N) is 1. The minimum Gasteiger partial charge on any atom is -0.381 e. The minimum atomic E-state index is -0.367. The summed E-state index contributed by atoms with van der Waals surface area (Å²) in [5, 5.41) is 17.3. The molecule has 18 heavy (non-hydrogen) atoms. The third-order valence-electron chi connectivity index (χ3n) is 3.67. The number of nitrogens with one attached hydrogen (secondary N) is 2. The van der Waals surface area contributed by atoms with E-state index in [1.165, 1.54) is 0 Å². The van der Waals surface area contributed by atoms with Crippen molar-refractivity contribution in [3.8, 4) is 0 Å². The topological polar surface area (TPSA) is 85.7 Å². The van der Waals surface area contributed by atoms with Gasteiger partial charge in [-0.25, -0.2) is 0 Å². The van der Waals surface area contributed by atoms with Gasteiger partial charge in [0.1, 0.15) is 6.23 Å². The molecule has 3 rings (SSSR count). The van der Waals surface area contributed by atoms with Crippen molar-refractivity contribution in [2.24, 2.45) is 5.92 Å². The molecule has 3 aliphatic heterocycles. The molecule has 0 aromatic heterocycles. The zero-order chi connectivity index (χ0) is 12.5. The second kappa shape index (κ2) is 4.74. The lowest BCUT2D eigenvalue weighted by atomic mass is 10.1. The first kappa shape index (κ1) is 11.7. The van der Waals surface area contributed by atoms with Gasteiger partial charge >= 0.3 is 5.70 Å². The Labute approximate surface area is 105 Å². The third kappa shape index (κ3) is 2.15. The zero-order valence-electron chi connectivity index (χ0n) is 10.1. The van der Waals surface area contributed by atoms with Gasteiger partial charge in [-0.15, -0.1) is 0 Å². The monoisotopic (exact) mass is 255 g/mol. The molecule has 0 saturated carbocycles. The summed E-state index contributed by atoms with van der Waals surface area (Å²) in [7, 11) is 0. The summed E-state index contributed by atoms with van der Waals surface area (Å²) in [6.45, 7) is 2.23. The van der Waals surface area contributed by atoms with Gasteiger partial charge in [0.2, 0.25) is 0 Å². The van der Waals surface area contributed by atoms with Crippen molar-refractivity contribution in [2.45, 2.75) is 31.6 Å². The standard InChI is InChI=1S/C11H17N3O4/c15-14(16)10-8-1-2-9(18-8)13-11(10)12-5-7-3-4-17-6-7/h7-9,12-13H,1-6H2/t7?,8-,9+/m1/s1. The van der Waals surface area contributed by atoms with Crippen LogP contribution < -0.4 is 10.6 Å². The molecule has 0 spiro atoms. The van der Waals surface area contributed by atoms with Crippen LogP contribution in [0.15, 0.2) is 11.5 Å². The molecular formula is C11H17N3O4. The molecule has 2 fully saturated rings. The van der Waals surface area contributed by atoms with Gasteiger partial charge in [-0.05, 0) is 19.3 Å². The summed E-state index contributed by atoms with van der Waals surface area (Å²) >= 11 is 0. The molecule has 0 amide bonds. The predicted octanol–water partition coefficient (Wildman–Crippen LogP) is 0.167. The van der Waals surface area contributed by atoms with Gasteiger partial charge in [0, 0.05) is 19.1 Å². The first-order valence-corrected chi connectivity index (χ1v) is 6.36. The molecule has 2 bridgehead atoms. The maximum absolute atomic E-state index is 11.1. The van der Waals surface area contributed by atoms with Crippen LogP contribution in [0.4, 0.5) is 0 Å². The minimum absolute atomic E-state index is 0.0824. The highest BCUT2D eigenvalue weighted by Gasteiger charge is 2.42. The van der Waals surface area contributed by atoms with Crippen LogP contribution in [0.25, 0.3) is 0 Å². The molecule has 0 aromatic rings. The van der Waals surface area contributed by atoms with E-state index in [1.807, 2.05) is 0 Å². The molecule has 3 aliphatic rings. The van der Waals surface area contributed by atoms with Crippen LogP contribution in [-0.4, -0.2) is 37.0 Å². The molecule has 0 aliphatic carbocycles. The van der Waals surface area contributed by atoms with Crippen LogP contribution in [0.1, 0.15) is 19.3 Å². The van der Waals surface area contributed by atoms with E-state index < -0.39 is 0 Å². The van der Waals surface area contributed by atoms with Crippen molar-refractivity contribution < 1.29 is 14.4 Å². The molecule has 0 radical (unpaired) electrons. The summed E-state index contributed by atoms with van der Waals surface area (Å²) in [6.07, 6.45) is 2.10. The lowest BCUT2D eigenvalue weighted by Gasteiger charge is -2.25. The fourth-order valence-electron chi connectivity index (χ4n) is 2.68. The van der Waals surface area contributed by atoms with Gasteiger partial charge in [-0.3, -0.25) is 10.1 Å². The first-order chi connectivity index (χ1) is 8.74. The summed E-state index contributed by atoms with van der Waals surface area (Å²) in [5.74, 6) is 0.971. The van der Waals surface area contributed by atoms with E-state index in [2.05, 4.69) is 10.6 Å². The SMILES string of the molecule is O=[N+]([O-])C1=C(NCC2CCOC2)N[C@@H]2CC[C@H]1O2. The van der Waals surface area contributed by atoms with Gasteiger partial charge in [0.25, 0.3) is 0 Å². The Morgan fingerprint density at radius 3 is 3.06 bits per heavy atom. The number of ether oxygens (including phenoxy) is 2. The summed E-state index contributed by atoms with van der Waals surface area (Å²) in [4.78, 5) is 10.8. The van der Waals surface area contributed by atoms with Crippen molar-refractivity contribution in [1.29, 1.82) is 0 Å². The van der Waals surface area contributed by atoms with Crippen LogP contribution in [0.2, 0.25) is 0 Å². The van der Waals surface area contributed by atoms with Crippen LogP contribution in [0, 0.1) is 16.0 Å². The Morgan fingerprint density at radius 1 is 1.44 bits per heavy atom. The quantitative estimate of drug-likeness (QED) is 0.550. The summed E-state index contributed by atoms with van der Waals surface area (Å²) in [6, 6.07) is 0. The zero-order valence-corrected chi connectivity index (χ0v) is 10.1. The molecule has 7 heteroatoms. The van der Waals surface area contributed by atoms with E-state index in [9.17, 15) is 10.1 Å². The summed E-state index contributed by atoms with van der Waals surface area (Å²) < 4.78 is 10.8. The second-order valence-corrected chi connectivity index (χ2v) is 4.96. The normalized spacial score (nSPS) is 34.6. The number of hydrogen-bond acceptors (Lipinski definition) is 6. The third-order valence-corrected chi connectivity index (χ3v) is 3.67. The maximum Gasteiger partial charge on any atom is 0.314 e. The largest absolute Gasteiger partial charge is 0.381 e. The Bertz CT molecular complexity index is 378. The van der Waals surface area contributed by atoms with Gasteiger partial charge < -0.3 is 20.1 Å². The molecule has 2 saturated heterocycles. The molecule has 100 valence electrons. The van der Waals surface area contributed by atoms with Gasteiger partial charge in [-0.2, -0.15) is 0 Å². The number of nitro groups is 1. The molecule has 0 aromatic carbocycles. The van der Waals surface area contributed by atoms with Gasteiger partial charge in [-0.1, -0.05) is 0 Å². The maximum atomic E-state index is 11.1. The molecule has 7 nitrogen and oxygen atoms in total. The number of fused-ring (bicyclic) bond motifs is 2. The predicted molar refractivity (Wildman–Crippen MR) is 62.0 cm³/mol. The molecule has 3 heterocycles. The van der Waals surface area contributed by atoms with Crippen molar-refractivity contribution in [1.82, 2.24) is 10.6 Å². The van der Waals surface area contributed by atoms with E-state index in [4.69, 9.17) is 9.47 Å². The van der Waals surface area contributed by atoms with Crippen molar-refractivity contribution in [3.05, 3.63) is 21.6 Å². The fourth-order valence-corrected chi connectivity index (χ4v) is 2.68. The molecule has 3 atom stereocenters. The smallest absolute Gasteiger partial charge is 0.314 e. The highest BCUT2D eigenvalue weighted by Crippen LogP contribution is 2.30. The fraction of sp³-hybridized carbons (Fsp3) is 0.818.